The van der Waals surface area contributed by atoms with Crippen LogP contribution in [0.3, 0.4) is 0 Å². The van der Waals surface area contributed by atoms with Crippen LogP contribution in [0.2, 0.25) is 0 Å². The SMILES string of the molecule is CCCCCCCCCCCCCC/C=C/CC/C=C/C(O)C(COP(=O)(O)OCCN)NC(=O)CC(O)CCCCCCCCC. The first-order valence-electron chi connectivity index (χ1n) is 19.0. The number of aliphatic hydroxyl groups is 2. The fraction of sp³-hybridized carbons (Fsp3) is 0.865. The van der Waals surface area contributed by atoms with Crippen molar-refractivity contribution in [3.8, 4) is 0 Å². The number of carbonyl (C=O) groups excluding carboxylic acids is 1. The van der Waals surface area contributed by atoms with E-state index < -0.39 is 38.6 Å². The number of nitrogens with one attached hydrogen (secondary N) is 1. The number of allylic oxidation sites excluding steroid dienone is 3. The van der Waals surface area contributed by atoms with Crippen molar-refractivity contribution in [2.24, 2.45) is 5.73 Å². The summed E-state index contributed by atoms with van der Waals surface area (Å²) in [5.74, 6) is -0.460. The lowest BCUT2D eigenvalue weighted by Crippen LogP contribution is -2.46. The molecule has 0 bridgehead atoms. The van der Waals surface area contributed by atoms with Gasteiger partial charge in [-0.05, 0) is 32.1 Å². The van der Waals surface area contributed by atoms with Crippen molar-refractivity contribution in [3.05, 3.63) is 24.3 Å². The second kappa shape index (κ2) is 33.4. The number of amides is 1. The molecule has 1 amide bonds. The van der Waals surface area contributed by atoms with Gasteiger partial charge < -0.3 is 26.2 Å². The number of aliphatic hydroxyl groups excluding tert-OH is 2. The van der Waals surface area contributed by atoms with E-state index in [2.05, 4.69) is 31.3 Å². The lowest BCUT2D eigenvalue weighted by molar-refractivity contribution is -0.124. The van der Waals surface area contributed by atoms with E-state index in [0.717, 1.165) is 32.1 Å². The van der Waals surface area contributed by atoms with Crippen LogP contribution >= 0.6 is 7.82 Å². The van der Waals surface area contributed by atoms with Crippen LogP contribution < -0.4 is 11.1 Å². The summed E-state index contributed by atoms with van der Waals surface area (Å²) in [5, 5.41) is 23.8. The van der Waals surface area contributed by atoms with Gasteiger partial charge in [0.25, 0.3) is 0 Å². The van der Waals surface area contributed by atoms with Gasteiger partial charge in [-0.2, -0.15) is 0 Å². The van der Waals surface area contributed by atoms with Gasteiger partial charge in [0.2, 0.25) is 5.91 Å². The summed E-state index contributed by atoms with van der Waals surface area (Å²) in [6, 6.07) is -0.993. The van der Waals surface area contributed by atoms with Crippen LogP contribution in [-0.4, -0.2) is 59.0 Å². The highest BCUT2D eigenvalue weighted by Crippen LogP contribution is 2.43. The van der Waals surface area contributed by atoms with E-state index in [1.807, 2.05) is 6.08 Å². The average Bonchev–Trinajstić information content (AvgIpc) is 3.04. The lowest BCUT2D eigenvalue weighted by Gasteiger charge is -2.24. The first-order chi connectivity index (χ1) is 22.8. The smallest absolute Gasteiger partial charge is 0.393 e. The normalized spacial score (nSPS) is 15.3. The highest BCUT2D eigenvalue weighted by Gasteiger charge is 2.27. The third-order valence-electron chi connectivity index (χ3n) is 8.33. The number of rotatable bonds is 35. The first-order valence-corrected chi connectivity index (χ1v) is 20.5. The van der Waals surface area contributed by atoms with Crippen molar-refractivity contribution >= 4 is 13.7 Å². The van der Waals surface area contributed by atoms with Gasteiger partial charge >= 0.3 is 7.82 Å². The largest absolute Gasteiger partial charge is 0.472 e. The number of phosphoric ester groups is 1. The predicted octanol–water partition coefficient (Wildman–Crippen LogP) is 8.80. The van der Waals surface area contributed by atoms with Crippen LogP contribution in [0, 0.1) is 0 Å². The highest BCUT2D eigenvalue weighted by molar-refractivity contribution is 7.47. The topological polar surface area (TPSA) is 151 Å². The fourth-order valence-electron chi connectivity index (χ4n) is 5.43. The van der Waals surface area contributed by atoms with E-state index >= 15 is 0 Å². The number of hydrogen-bond acceptors (Lipinski definition) is 7. The van der Waals surface area contributed by atoms with Gasteiger partial charge in [0, 0.05) is 6.54 Å². The summed E-state index contributed by atoms with van der Waals surface area (Å²) >= 11 is 0. The second-order valence-corrected chi connectivity index (χ2v) is 14.4. The first kappa shape index (κ1) is 45.9. The standard InChI is InChI=1S/C37H73N2O7P/c1-3-5-7-9-11-12-13-14-15-16-17-18-19-20-21-23-25-27-29-36(41)35(33-46-47(43,44)45-31-30-38)39-37(42)32-34(40)28-26-24-22-10-8-6-4-2/h20-21,27,29,34-36,40-41H,3-19,22-26,28,30-33,38H2,1-2H3,(H,39,42)(H,43,44)/b21-20+,29-27+. The molecule has 0 aliphatic carbocycles. The zero-order valence-electron chi connectivity index (χ0n) is 30.1. The maximum Gasteiger partial charge on any atom is 0.472 e. The van der Waals surface area contributed by atoms with Crippen molar-refractivity contribution in [1.82, 2.24) is 5.32 Å². The maximum atomic E-state index is 12.7. The van der Waals surface area contributed by atoms with Crippen molar-refractivity contribution < 1.29 is 33.5 Å². The quantitative estimate of drug-likeness (QED) is 0.0252. The number of unbranched alkanes of at least 4 members (excludes halogenated alkanes) is 19. The molecule has 278 valence electrons. The van der Waals surface area contributed by atoms with Gasteiger partial charge in [-0.25, -0.2) is 4.57 Å². The minimum absolute atomic E-state index is 0.0455. The van der Waals surface area contributed by atoms with Gasteiger partial charge in [0.05, 0.1) is 37.9 Å². The van der Waals surface area contributed by atoms with Gasteiger partial charge in [-0.3, -0.25) is 13.8 Å². The summed E-state index contributed by atoms with van der Waals surface area (Å²) < 4.78 is 21.9. The molecule has 0 spiro atoms. The van der Waals surface area contributed by atoms with E-state index in [9.17, 15) is 24.5 Å². The molecule has 0 saturated heterocycles. The molecule has 10 heteroatoms. The molecule has 9 nitrogen and oxygen atoms in total. The maximum absolute atomic E-state index is 12.7. The minimum Gasteiger partial charge on any atom is -0.393 e. The minimum atomic E-state index is -4.39. The zero-order valence-corrected chi connectivity index (χ0v) is 31.0. The molecule has 0 aliphatic rings. The molecular formula is C37H73N2O7P. The van der Waals surface area contributed by atoms with Crippen LogP contribution in [0.1, 0.15) is 168 Å². The molecule has 6 N–H and O–H groups in total. The fourth-order valence-corrected chi connectivity index (χ4v) is 6.19. The van der Waals surface area contributed by atoms with Gasteiger partial charge in [0.1, 0.15) is 0 Å². The summed E-state index contributed by atoms with van der Waals surface area (Å²) in [5.41, 5.74) is 5.33. The summed E-state index contributed by atoms with van der Waals surface area (Å²) in [4.78, 5) is 22.5. The van der Waals surface area contributed by atoms with Gasteiger partial charge in [-0.1, -0.05) is 154 Å². The third kappa shape index (κ3) is 31.9. The number of carbonyl (C=O) groups is 1. The van der Waals surface area contributed by atoms with E-state index in [-0.39, 0.29) is 19.6 Å². The van der Waals surface area contributed by atoms with E-state index in [0.29, 0.717) is 12.8 Å². The Morgan fingerprint density at radius 1 is 0.723 bits per heavy atom. The molecule has 0 fully saturated rings. The summed E-state index contributed by atoms with van der Waals surface area (Å²) in [6.07, 6.45) is 32.9. The molecule has 0 aromatic heterocycles. The number of phosphoric acid groups is 1. The molecule has 4 unspecified atom stereocenters. The summed E-state index contributed by atoms with van der Waals surface area (Å²) in [6.45, 7) is 3.89. The Bertz CT molecular complexity index is 812. The number of nitrogens with two attached hydrogens (primary N) is 1. The molecule has 0 aliphatic heterocycles. The molecule has 0 rings (SSSR count). The van der Waals surface area contributed by atoms with Gasteiger partial charge in [0.15, 0.2) is 0 Å². The second-order valence-electron chi connectivity index (χ2n) is 13.0. The lowest BCUT2D eigenvalue weighted by atomic mass is 10.0. The highest BCUT2D eigenvalue weighted by atomic mass is 31.2. The third-order valence-corrected chi connectivity index (χ3v) is 9.32. The van der Waals surface area contributed by atoms with E-state index in [1.165, 1.54) is 103 Å². The van der Waals surface area contributed by atoms with Crippen molar-refractivity contribution in [2.75, 3.05) is 19.8 Å². The van der Waals surface area contributed by atoms with Crippen LogP contribution in [0.4, 0.5) is 0 Å². The van der Waals surface area contributed by atoms with Crippen LogP contribution in [0.15, 0.2) is 24.3 Å². The average molecular weight is 689 g/mol. The molecule has 47 heavy (non-hydrogen) atoms. The van der Waals surface area contributed by atoms with E-state index in [1.54, 1.807) is 6.08 Å². The molecule has 0 aromatic carbocycles. The summed E-state index contributed by atoms with van der Waals surface area (Å²) in [7, 11) is -4.39. The Balaban J connectivity index is 4.42. The predicted molar refractivity (Wildman–Crippen MR) is 195 cm³/mol. The van der Waals surface area contributed by atoms with Crippen molar-refractivity contribution in [3.63, 3.8) is 0 Å². The van der Waals surface area contributed by atoms with Crippen LogP contribution in [-0.2, 0) is 18.4 Å². The molecule has 4 atom stereocenters. The van der Waals surface area contributed by atoms with Crippen LogP contribution in [0.5, 0.6) is 0 Å². The van der Waals surface area contributed by atoms with Gasteiger partial charge in [-0.15, -0.1) is 0 Å². The molecule has 0 saturated carbocycles. The Kier molecular flexibility index (Phi) is 32.7. The Labute approximate surface area is 288 Å². The van der Waals surface area contributed by atoms with Crippen molar-refractivity contribution in [2.45, 2.75) is 186 Å². The Hall–Kier alpha value is -1.06. The Morgan fingerprint density at radius 2 is 1.21 bits per heavy atom. The molecule has 0 heterocycles. The van der Waals surface area contributed by atoms with E-state index in [4.69, 9.17) is 14.8 Å². The molecular weight excluding hydrogens is 615 g/mol. The van der Waals surface area contributed by atoms with Crippen LogP contribution in [0.25, 0.3) is 0 Å². The zero-order chi connectivity index (χ0) is 34.9. The monoisotopic (exact) mass is 689 g/mol. The molecule has 0 aromatic rings. The number of hydrogen-bond donors (Lipinski definition) is 5. The molecule has 0 radical (unpaired) electrons. The Morgan fingerprint density at radius 3 is 1.77 bits per heavy atom. The van der Waals surface area contributed by atoms with Crippen molar-refractivity contribution in [1.29, 1.82) is 0 Å².